The number of halogens is 2. The second-order valence-electron chi connectivity index (χ2n) is 4.32. The molecule has 0 spiro atoms. The van der Waals surface area contributed by atoms with Crippen molar-refractivity contribution in [2.24, 2.45) is 0 Å². The van der Waals surface area contributed by atoms with Crippen LogP contribution in [0.5, 0.6) is 5.75 Å². The van der Waals surface area contributed by atoms with E-state index in [-0.39, 0.29) is 5.56 Å². The molecule has 1 fully saturated rings. The first-order chi connectivity index (χ1) is 9.49. The Kier molecular flexibility index (Phi) is 4.11. The second kappa shape index (κ2) is 5.81. The maximum absolute atomic E-state index is 12.4. The lowest BCUT2D eigenvalue weighted by Crippen LogP contribution is -2.28. The van der Waals surface area contributed by atoms with Crippen LogP contribution >= 0.6 is 0 Å². The van der Waals surface area contributed by atoms with Gasteiger partial charge in [0.1, 0.15) is 5.75 Å². The van der Waals surface area contributed by atoms with Gasteiger partial charge >= 0.3 is 6.61 Å². The summed E-state index contributed by atoms with van der Waals surface area (Å²) in [6.07, 6.45) is 1.70. The first kappa shape index (κ1) is 14.2. The maximum Gasteiger partial charge on any atom is 0.387 e. The van der Waals surface area contributed by atoms with E-state index < -0.39 is 28.9 Å². The number of benzene rings is 1. The van der Waals surface area contributed by atoms with E-state index in [9.17, 15) is 23.7 Å². The monoisotopic (exact) mass is 286 g/mol. The van der Waals surface area contributed by atoms with Crippen LogP contribution in [0.15, 0.2) is 18.2 Å². The Balaban J connectivity index is 2.34. The number of hydrogen-bond acceptors (Lipinski definition) is 4. The number of nitrogens with zero attached hydrogens (tertiary/aromatic N) is 2. The number of carbonyl (C=O) groups excluding carboxylic acids is 1. The molecule has 108 valence electrons. The molecule has 20 heavy (non-hydrogen) atoms. The summed E-state index contributed by atoms with van der Waals surface area (Å²) in [6.45, 7) is -2.06. The third-order valence-corrected chi connectivity index (χ3v) is 3.02. The van der Waals surface area contributed by atoms with Crippen molar-refractivity contribution in [3.8, 4) is 5.75 Å². The van der Waals surface area contributed by atoms with Crippen molar-refractivity contribution in [2.75, 3.05) is 13.1 Å². The molecule has 1 aliphatic rings. The molecule has 0 saturated carbocycles. The van der Waals surface area contributed by atoms with Crippen LogP contribution in [0.2, 0.25) is 0 Å². The molecule has 6 nitrogen and oxygen atoms in total. The lowest BCUT2D eigenvalue weighted by molar-refractivity contribution is -0.385. The molecule has 1 amide bonds. The summed E-state index contributed by atoms with van der Waals surface area (Å²) in [5, 5.41) is 10.6. The average molecular weight is 286 g/mol. The molecular formula is C12H12F2N2O4. The second-order valence-corrected chi connectivity index (χ2v) is 4.32. The van der Waals surface area contributed by atoms with Gasteiger partial charge in [-0.25, -0.2) is 0 Å². The molecule has 0 unspecified atom stereocenters. The fourth-order valence-electron chi connectivity index (χ4n) is 2.09. The van der Waals surface area contributed by atoms with Crippen LogP contribution in [-0.4, -0.2) is 35.4 Å². The molecule has 0 bridgehead atoms. The third kappa shape index (κ3) is 3.01. The van der Waals surface area contributed by atoms with Gasteiger partial charge in [0.15, 0.2) is 0 Å². The average Bonchev–Trinajstić information content (AvgIpc) is 2.91. The Morgan fingerprint density at radius 1 is 1.35 bits per heavy atom. The number of nitro benzene ring substituents is 1. The van der Waals surface area contributed by atoms with Gasteiger partial charge in [-0.3, -0.25) is 14.9 Å². The summed E-state index contributed by atoms with van der Waals surface area (Å²) in [7, 11) is 0. The van der Waals surface area contributed by atoms with E-state index in [2.05, 4.69) is 4.74 Å². The number of likely N-dealkylation sites (tertiary alicyclic amines) is 1. The lowest BCUT2D eigenvalue weighted by Gasteiger charge is -2.17. The van der Waals surface area contributed by atoms with Gasteiger partial charge in [0.2, 0.25) is 0 Å². The number of hydrogen-bond donors (Lipinski definition) is 0. The van der Waals surface area contributed by atoms with Crippen molar-refractivity contribution in [2.45, 2.75) is 19.5 Å². The zero-order chi connectivity index (χ0) is 14.7. The lowest BCUT2D eigenvalue weighted by atomic mass is 10.1. The Morgan fingerprint density at radius 2 is 2.00 bits per heavy atom. The molecule has 1 aromatic carbocycles. The zero-order valence-corrected chi connectivity index (χ0v) is 10.4. The molecule has 0 radical (unpaired) electrons. The van der Waals surface area contributed by atoms with Crippen molar-refractivity contribution >= 4 is 11.6 Å². The first-order valence-corrected chi connectivity index (χ1v) is 6.01. The maximum atomic E-state index is 12.4. The van der Waals surface area contributed by atoms with Gasteiger partial charge in [-0.2, -0.15) is 8.78 Å². The van der Waals surface area contributed by atoms with Gasteiger partial charge < -0.3 is 9.64 Å². The highest BCUT2D eigenvalue weighted by molar-refractivity contribution is 5.97. The number of ether oxygens (including phenoxy) is 1. The molecule has 1 saturated heterocycles. The molecule has 1 aromatic rings. The normalized spacial score (nSPS) is 14.7. The summed E-state index contributed by atoms with van der Waals surface area (Å²) in [6, 6.07) is 3.09. The van der Waals surface area contributed by atoms with Crippen LogP contribution < -0.4 is 4.74 Å². The minimum Gasteiger partial charge on any atom is -0.434 e. The number of amides is 1. The molecule has 0 N–H and O–H groups in total. The van der Waals surface area contributed by atoms with Crippen molar-refractivity contribution in [3.05, 3.63) is 33.9 Å². The number of non-ortho nitro benzene ring substituents is 1. The van der Waals surface area contributed by atoms with Gasteiger partial charge in [-0.05, 0) is 18.9 Å². The van der Waals surface area contributed by atoms with Crippen molar-refractivity contribution in [3.63, 3.8) is 0 Å². The Labute approximate surface area is 113 Å². The van der Waals surface area contributed by atoms with Crippen molar-refractivity contribution in [1.82, 2.24) is 4.90 Å². The molecular weight excluding hydrogens is 274 g/mol. The SMILES string of the molecule is O=C(c1ccc([N+](=O)[O-])cc1OC(F)F)N1CCCC1. The number of nitro groups is 1. The fraction of sp³-hybridized carbons (Fsp3) is 0.417. The van der Waals surface area contributed by atoms with Gasteiger partial charge in [-0.1, -0.05) is 0 Å². The van der Waals surface area contributed by atoms with Gasteiger partial charge in [0, 0.05) is 19.2 Å². The molecule has 8 heteroatoms. The summed E-state index contributed by atoms with van der Waals surface area (Å²) >= 11 is 0. The highest BCUT2D eigenvalue weighted by Gasteiger charge is 2.25. The molecule has 1 heterocycles. The first-order valence-electron chi connectivity index (χ1n) is 6.01. The largest absolute Gasteiger partial charge is 0.434 e. The van der Waals surface area contributed by atoms with E-state index in [0.717, 1.165) is 31.0 Å². The predicted molar refractivity (Wildman–Crippen MR) is 64.9 cm³/mol. The third-order valence-electron chi connectivity index (χ3n) is 3.02. The Hall–Kier alpha value is -2.25. The number of alkyl halides is 2. The molecule has 0 aliphatic carbocycles. The van der Waals surface area contributed by atoms with Crippen molar-refractivity contribution < 1.29 is 23.2 Å². The quantitative estimate of drug-likeness (QED) is 0.629. The van der Waals surface area contributed by atoms with Crippen LogP contribution in [0.4, 0.5) is 14.5 Å². The Bertz CT molecular complexity index is 530. The topological polar surface area (TPSA) is 72.7 Å². The van der Waals surface area contributed by atoms with E-state index in [0.29, 0.717) is 13.1 Å². The predicted octanol–water partition coefficient (Wildman–Crippen LogP) is 2.43. The highest BCUT2D eigenvalue weighted by Crippen LogP contribution is 2.28. The van der Waals surface area contributed by atoms with Crippen LogP contribution in [0.25, 0.3) is 0 Å². The van der Waals surface area contributed by atoms with Crippen LogP contribution in [0, 0.1) is 10.1 Å². The van der Waals surface area contributed by atoms with E-state index in [1.807, 2.05) is 0 Å². The highest BCUT2D eigenvalue weighted by atomic mass is 19.3. The number of carbonyl (C=O) groups is 1. The van der Waals surface area contributed by atoms with E-state index in [1.165, 1.54) is 4.90 Å². The Morgan fingerprint density at radius 3 is 2.55 bits per heavy atom. The van der Waals surface area contributed by atoms with Crippen molar-refractivity contribution in [1.29, 1.82) is 0 Å². The molecule has 0 aromatic heterocycles. The smallest absolute Gasteiger partial charge is 0.387 e. The zero-order valence-electron chi connectivity index (χ0n) is 10.4. The van der Waals surface area contributed by atoms with E-state index in [1.54, 1.807) is 0 Å². The standard InChI is InChI=1S/C12H12F2N2O4/c13-12(14)20-10-7-8(16(18)19)3-4-9(10)11(17)15-5-1-2-6-15/h3-4,7,12H,1-2,5-6H2. The molecule has 0 atom stereocenters. The van der Waals surface area contributed by atoms with Gasteiger partial charge in [0.25, 0.3) is 11.6 Å². The van der Waals surface area contributed by atoms with Gasteiger partial charge in [0.05, 0.1) is 16.6 Å². The van der Waals surface area contributed by atoms with Crippen LogP contribution in [0.3, 0.4) is 0 Å². The summed E-state index contributed by atoms with van der Waals surface area (Å²) in [5.74, 6) is -0.917. The molecule has 2 rings (SSSR count). The van der Waals surface area contributed by atoms with Crippen LogP contribution in [-0.2, 0) is 0 Å². The summed E-state index contributed by atoms with van der Waals surface area (Å²) in [5.41, 5.74) is -0.489. The van der Waals surface area contributed by atoms with E-state index in [4.69, 9.17) is 0 Å². The summed E-state index contributed by atoms with van der Waals surface area (Å²) in [4.78, 5) is 23.6. The van der Waals surface area contributed by atoms with Gasteiger partial charge in [-0.15, -0.1) is 0 Å². The minimum absolute atomic E-state index is 0.0854. The van der Waals surface area contributed by atoms with E-state index >= 15 is 0 Å². The minimum atomic E-state index is -3.15. The summed E-state index contributed by atoms with van der Waals surface area (Å²) < 4.78 is 28.9. The number of rotatable bonds is 4. The fourth-order valence-corrected chi connectivity index (χ4v) is 2.09. The van der Waals surface area contributed by atoms with Crippen LogP contribution in [0.1, 0.15) is 23.2 Å². The molecule has 1 aliphatic heterocycles.